The molecule has 0 aliphatic heterocycles. The predicted octanol–water partition coefficient (Wildman–Crippen LogP) is 1.64. The summed E-state index contributed by atoms with van der Waals surface area (Å²) in [4.78, 5) is 27.5. The fraction of sp³-hybridized carbons (Fsp3) is 0.154. The summed E-state index contributed by atoms with van der Waals surface area (Å²) in [6.45, 7) is 0.301. The molecular formula is C13H13N3O3S. The molecule has 0 unspecified atom stereocenters. The van der Waals surface area contributed by atoms with Gasteiger partial charge in [-0.25, -0.2) is 9.78 Å². The minimum absolute atomic E-state index is 0.301. The van der Waals surface area contributed by atoms with Crippen molar-refractivity contribution in [3.63, 3.8) is 0 Å². The van der Waals surface area contributed by atoms with Crippen LogP contribution in [0.4, 0.5) is 5.69 Å². The summed E-state index contributed by atoms with van der Waals surface area (Å²) in [5, 5.41) is 5.01. The Morgan fingerprint density at radius 2 is 2.25 bits per heavy atom. The zero-order chi connectivity index (χ0) is 14.5. The van der Waals surface area contributed by atoms with Crippen molar-refractivity contribution in [3.8, 4) is 0 Å². The van der Waals surface area contributed by atoms with Gasteiger partial charge in [-0.1, -0.05) is 6.07 Å². The molecule has 1 aromatic heterocycles. The Morgan fingerprint density at radius 1 is 1.45 bits per heavy atom. The van der Waals surface area contributed by atoms with Crippen LogP contribution in [0.2, 0.25) is 0 Å². The highest BCUT2D eigenvalue weighted by molar-refractivity contribution is 7.09. The van der Waals surface area contributed by atoms with Crippen LogP contribution >= 0.6 is 11.3 Å². The molecule has 0 aliphatic carbocycles. The van der Waals surface area contributed by atoms with Gasteiger partial charge in [0.25, 0.3) is 5.91 Å². The van der Waals surface area contributed by atoms with Crippen molar-refractivity contribution in [1.29, 1.82) is 0 Å². The van der Waals surface area contributed by atoms with Crippen molar-refractivity contribution in [2.24, 2.45) is 5.73 Å². The molecule has 2 rings (SSSR count). The molecule has 7 heteroatoms. The van der Waals surface area contributed by atoms with E-state index in [1.54, 1.807) is 29.6 Å². The number of methoxy groups -OCH3 is 1. The van der Waals surface area contributed by atoms with Crippen molar-refractivity contribution < 1.29 is 14.3 Å². The van der Waals surface area contributed by atoms with Crippen LogP contribution in [-0.2, 0) is 11.3 Å². The second kappa shape index (κ2) is 6.27. The maximum absolute atomic E-state index is 12.0. The zero-order valence-corrected chi connectivity index (χ0v) is 11.6. The SMILES string of the molecule is COC(=O)c1cccc(NC(=O)c2csc(CN)n2)c1. The minimum Gasteiger partial charge on any atom is -0.465 e. The summed E-state index contributed by atoms with van der Waals surface area (Å²) < 4.78 is 4.62. The quantitative estimate of drug-likeness (QED) is 0.835. The summed E-state index contributed by atoms with van der Waals surface area (Å²) in [7, 11) is 1.30. The van der Waals surface area contributed by atoms with Crippen LogP contribution in [0, 0.1) is 0 Å². The molecule has 0 saturated heterocycles. The molecule has 0 radical (unpaired) electrons. The van der Waals surface area contributed by atoms with E-state index in [1.807, 2.05) is 0 Å². The number of thiazole rings is 1. The Hall–Kier alpha value is -2.25. The van der Waals surface area contributed by atoms with E-state index < -0.39 is 5.97 Å². The highest BCUT2D eigenvalue weighted by Crippen LogP contribution is 2.14. The Kier molecular flexibility index (Phi) is 4.44. The molecule has 1 aromatic carbocycles. The first-order chi connectivity index (χ1) is 9.63. The lowest BCUT2D eigenvalue weighted by atomic mass is 10.2. The number of carbonyl (C=O) groups excluding carboxylic acids is 2. The molecule has 0 atom stereocenters. The fourth-order valence-electron chi connectivity index (χ4n) is 1.55. The molecule has 0 aliphatic rings. The van der Waals surface area contributed by atoms with Crippen molar-refractivity contribution >= 4 is 28.9 Å². The van der Waals surface area contributed by atoms with Crippen LogP contribution in [-0.4, -0.2) is 24.0 Å². The highest BCUT2D eigenvalue weighted by atomic mass is 32.1. The summed E-state index contributed by atoms with van der Waals surface area (Å²) >= 11 is 1.33. The Labute approximate surface area is 119 Å². The number of ether oxygens (including phenoxy) is 1. The number of hydrogen-bond donors (Lipinski definition) is 2. The largest absolute Gasteiger partial charge is 0.465 e. The Balaban J connectivity index is 2.13. The standard InChI is InChI=1S/C13H13N3O3S/c1-19-13(18)8-3-2-4-9(5-8)15-12(17)10-7-20-11(6-14)16-10/h2-5,7H,6,14H2,1H3,(H,15,17). The summed E-state index contributed by atoms with van der Waals surface area (Å²) in [5.41, 5.74) is 6.62. The lowest BCUT2D eigenvalue weighted by molar-refractivity contribution is 0.0600. The molecular weight excluding hydrogens is 278 g/mol. The number of hydrogen-bond acceptors (Lipinski definition) is 6. The van der Waals surface area contributed by atoms with E-state index in [1.165, 1.54) is 18.4 Å². The van der Waals surface area contributed by atoms with Crippen LogP contribution in [0.25, 0.3) is 0 Å². The van der Waals surface area contributed by atoms with E-state index in [4.69, 9.17) is 5.73 Å². The second-order valence-corrected chi connectivity index (χ2v) is 4.80. The maximum Gasteiger partial charge on any atom is 0.337 e. The summed E-state index contributed by atoms with van der Waals surface area (Å²) in [6.07, 6.45) is 0. The first kappa shape index (κ1) is 14.2. The number of benzene rings is 1. The number of esters is 1. The van der Waals surface area contributed by atoms with Gasteiger partial charge >= 0.3 is 5.97 Å². The van der Waals surface area contributed by atoms with Gasteiger partial charge in [-0.2, -0.15) is 0 Å². The average Bonchev–Trinajstić information content (AvgIpc) is 2.95. The van der Waals surface area contributed by atoms with E-state index in [9.17, 15) is 9.59 Å². The number of amides is 1. The third kappa shape index (κ3) is 3.19. The average molecular weight is 291 g/mol. The first-order valence-corrected chi connectivity index (χ1v) is 6.66. The predicted molar refractivity (Wildman–Crippen MR) is 75.7 cm³/mol. The number of rotatable bonds is 4. The smallest absolute Gasteiger partial charge is 0.337 e. The minimum atomic E-state index is -0.458. The number of nitrogens with two attached hydrogens (primary N) is 1. The second-order valence-electron chi connectivity index (χ2n) is 3.86. The van der Waals surface area contributed by atoms with Gasteiger partial charge in [0.1, 0.15) is 10.7 Å². The number of anilines is 1. The molecule has 104 valence electrons. The monoisotopic (exact) mass is 291 g/mol. The zero-order valence-electron chi connectivity index (χ0n) is 10.8. The summed E-state index contributed by atoms with van der Waals surface area (Å²) in [6, 6.07) is 6.49. The van der Waals surface area contributed by atoms with Crippen molar-refractivity contribution in [3.05, 3.63) is 45.9 Å². The lowest BCUT2D eigenvalue weighted by Gasteiger charge is -2.05. The van der Waals surface area contributed by atoms with Crippen molar-refractivity contribution in [1.82, 2.24) is 4.98 Å². The molecule has 0 fully saturated rings. The Morgan fingerprint density at radius 3 is 2.90 bits per heavy atom. The van der Waals surface area contributed by atoms with Crippen LogP contribution in [0.15, 0.2) is 29.6 Å². The van der Waals surface area contributed by atoms with Crippen molar-refractivity contribution in [2.45, 2.75) is 6.54 Å². The maximum atomic E-state index is 12.0. The molecule has 0 bridgehead atoms. The van der Waals surface area contributed by atoms with Crippen LogP contribution in [0.5, 0.6) is 0 Å². The molecule has 20 heavy (non-hydrogen) atoms. The van der Waals surface area contributed by atoms with Crippen LogP contribution in [0.3, 0.4) is 0 Å². The van der Waals surface area contributed by atoms with E-state index in [0.29, 0.717) is 28.5 Å². The molecule has 1 heterocycles. The normalized spacial score (nSPS) is 10.1. The van der Waals surface area contributed by atoms with Crippen molar-refractivity contribution in [2.75, 3.05) is 12.4 Å². The van der Waals surface area contributed by atoms with Gasteiger partial charge in [0.2, 0.25) is 0 Å². The van der Waals surface area contributed by atoms with Crippen LogP contribution in [0.1, 0.15) is 25.9 Å². The van der Waals surface area contributed by atoms with Gasteiger partial charge in [0, 0.05) is 17.6 Å². The van der Waals surface area contributed by atoms with E-state index in [2.05, 4.69) is 15.0 Å². The number of nitrogens with zero attached hydrogens (tertiary/aromatic N) is 1. The van der Waals surface area contributed by atoms with Gasteiger partial charge < -0.3 is 15.8 Å². The molecule has 6 nitrogen and oxygen atoms in total. The van der Waals surface area contributed by atoms with Gasteiger partial charge in [0.05, 0.1) is 12.7 Å². The molecule has 0 saturated carbocycles. The first-order valence-electron chi connectivity index (χ1n) is 5.78. The number of aromatic nitrogens is 1. The molecule has 2 aromatic rings. The number of nitrogens with one attached hydrogen (secondary N) is 1. The van der Waals surface area contributed by atoms with Crippen LogP contribution < -0.4 is 11.1 Å². The van der Waals surface area contributed by atoms with Gasteiger partial charge in [-0.05, 0) is 18.2 Å². The van der Waals surface area contributed by atoms with E-state index >= 15 is 0 Å². The molecule has 0 spiro atoms. The topological polar surface area (TPSA) is 94.3 Å². The Bertz CT molecular complexity index is 639. The lowest BCUT2D eigenvalue weighted by Crippen LogP contribution is -2.13. The van der Waals surface area contributed by atoms with Gasteiger partial charge in [-0.15, -0.1) is 11.3 Å². The van der Waals surface area contributed by atoms with E-state index in [0.717, 1.165) is 0 Å². The molecule has 3 N–H and O–H groups in total. The number of carbonyl (C=O) groups is 2. The third-order valence-electron chi connectivity index (χ3n) is 2.50. The fourth-order valence-corrected chi connectivity index (χ4v) is 2.20. The van der Waals surface area contributed by atoms with Gasteiger partial charge in [-0.3, -0.25) is 4.79 Å². The highest BCUT2D eigenvalue weighted by Gasteiger charge is 2.12. The van der Waals surface area contributed by atoms with Gasteiger partial charge in [0.15, 0.2) is 0 Å². The molecule has 1 amide bonds. The third-order valence-corrected chi connectivity index (χ3v) is 3.37. The summed E-state index contributed by atoms with van der Waals surface area (Å²) in [5.74, 6) is -0.803. The van der Waals surface area contributed by atoms with E-state index in [-0.39, 0.29) is 5.91 Å².